The van der Waals surface area contributed by atoms with Gasteiger partial charge in [-0.3, -0.25) is 4.79 Å². The van der Waals surface area contributed by atoms with Crippen LogP contribution in [-0.4, -0.2) is 47.5 Å². The highest BCUT2D eigenvalue weighted by Gasteiger charge is 2.28. The predicted molar refractivity (Wildman–Crippen MR) is 157 cm³/mol. The Morgan fingerprint density at radius 3 is 2.30 bits per heavy atom. The van der Waals surface area contributed by atoms with Crippen molar-refractivity contribution in [2.75, 3.05) is 20.2 Å². The van der Waals surface area contributed by atoms with Gasteiger partial charge in [-0.25, -0.2) is 4.79 Å². The van der Waals surface area contributed by atoms with Gasteiger partial charge in [-0.15, -0.1) is 0 Å². The molecule has 7 heteroatoms. The molecule has 208 valence electrons. The molecule has 4 aromatic rings. The van der Waals surface area contributed by atoms with Gasteiger partial charge in [-0.05, 0) is 67.6 Å². The Bertz CT molecular complexity index is 1530. The lowest BCUT2D eigenvalue weighted by molar-refractivity contribution is 0.0127. The number of rotatable bonds is 6. The first-order valence-electron chi connectivity index (χ1n) is 13.7. The average molecular weight is 541 g/mol. The number of amides is 1. The molecule has 1 amide bonds. The molecule has 5 rings (SSSR count). The number of piperidine rings is 1. The highest BCUT2D eigenvalue weighted by Crippen LogP contribution is 2.35. The summed E-state index contributed by atoms with van der Waals surface area (Å²) < 4.78 is 19.1. The van der Waals surface area contributed by atoms with Gasteiger partial charge in [-0.1, -0.05) is 42.5 Å². The Labute approximate surface area is 234 Å². The second kappa shape index (κ2) is 11.5. The van der Waals surface area contributed by atoms with Crippen LogP contribution in [0.1, 0.15) is 39.2 Å². The molecular weight excluding hydrogens is 504 g/mol. The summed E-state index contributed by atoms with van der Waals surface area (Å²) >= 11 is 0. The van der Waals surface area contributed by atoms with Crippen LogP contribution in [0.15, 0.2) is 83.8 Å². The summed E-state index contributed by atoms with van der Waals surface area (Å²) in [5.74, 6) is 1.52. The molecule has 1 aliphatic rings. The van der Waals surface area contributed by atoms with E-state index in [-0.39, 0.29) is 17.8 Å². The fourth-order valence-corrected chi connectivity index (χ4v) is 4.97. The summed E-state index contributed by atoms with van der Waals surface area (Å²) in [6.45, 7) is 7.24. The van der Waals surface area contributed by atoms with E-state index < -0.39 is 5.60 Å². The zero-order chi connectivity index (χ0) is 28.3. The molecule has 1 aliphatic heterocycles. The third-order valence-electron chi connectivity index (χ3n) is 7.06. The lowest BCUT2D eigenvalue weighted by Crippen LogP contribution is -2.44. The van der Waals surface area contributed by atoms with Crippen molar-refractivity contribution in [3.05, 3.63) is 94.9 Å². The SMILES string of the molecule is COc1ccc(Cn2ccc3cc(OC4CCN(C(=O)OC(C)(C)C)CC4)c(-c4ccccc4)cc3c2=O)cc1. The van der Waals surface area contributed by atoms with Gasteiger partial charge < -0.3 is 23.7 Å². The van der Waals surface area contributed by atoms with Gasteiger partial charge in [-0.2, -0.15) is 0 Å². The number of methoxy groups -OCH3 is 1. The normalized spacial score (nSPS) is 14.2. The summed E-state index contributed by atoms with van der Waals surface area (Å²) in [4.78, 5) is 27.8. The molecule has 0 unspecified atom stereocenters. The number of carbonyl (C=O) groups excluding carboxylic acids is 1. The van der Waals surface area contributed by atoms with E-state index in [9.17, 15) is 9.59 Å². The number of benzene rings is 3. The van der Waals surface area contributed by atoms with Crippen LogP contribution < -0.4 is 15.0 Å². The molecule has 0 radical (unpaired) electrons. The molecule has 1 aromatic heterocycles. The maximum atomic E-state index is 13.6. The highest BCUT2D eigenvalue weighted by molar-refractivity contribution is 5.90. The predicted octanol–water partition coefficient (Wildman–Crippen LogP) is 6.50. The summed E-state index contributed by atoms with van der Waals surface area (Å²) in [6, 6.07) is 23.6. The first-order valence-corrected chi connectivity index (χ1v) is 13.7. The van der Waals surface area contributed by atoms with E-state index in [1.807, 2.05) is 99.8 Å². The minimum atomic E-state index is -0.521. The molecule has 0 atom stereocenters. The molecule has 7 nitrogen and oxygen atoms in total. The standard InChI is InChI=1S/C33H36N2O5/c1-33(2,3)40-32(37)34-18-15-27(16-19-34)39-30-20-25-14-17-35(22-23-10-12-26(38-4)13-11-23)31(36)29(25)21-28(30)24-8-6-5-7-9-24/h5-14,17,20-21,27H,15-16,18-19,22H2,1-4H3. The summed E-state index contributed by atoms with van der Waals surface area (Å²) in [6.07, 6.45) is 2.91. The van der Waals surface area contributed by atoms with Gasteiger partial charge in [0.25, 0.3) is 5.56 Å². The average Bonchev–Trinajstić information content (AvgIpc) is 2.95. The number of hydrogen-bond donors (Lipinski definition) is 0. The van der Waals surface area contributed by atoms with Crippen LogP contribution in [0.3, 0.4) is 0 Å². The van der Waals surface area contributed by atoms with Crippen LogP contribution in [0.5, 0.6) is 11.5 Å². The lowest BCUT2D eigenvalue weighted by atomic mass is 10.00. The zero-order valence-corrected chi connectivity index (χ0v) is 23.6. The number of ether oxygens (including phenoxy) is 3. The molecular formula is C33H36N2O5. The van der Waals surface area contributed by atoms with E-state index in [4.69, 9.17) is 14.2 Å². The molecule has 0 bridgehead atoms. The second-order valence-electron chi connectivity index (χ2n) is 11.2. The Morgan fingerprint density at radius 2 is 1.65 bits per heavy atom. The maximum absolute atomic E-state index is 13.6. The summed E-state index contributed by atoms with van der Waals surface area (Å²) in [5, 5.41) is 1.47. The number of fused-ring (bicyclic) bond motifs is 1. The van der Waals surface area contributed by atoms with E-state index in [0.29, 0.717) is 37.9 Å². The van der Waals surface area contributed by atoms with Gasteiger partial charge >= 0.3 is 6.09 Å². The van der Waals surface area contributed by atoms with Gasteiger partial charge in [0, 0.05) is 43.1 Å². The number of likely N-dealkylation sites (tertiary alicyclic amines) is 1. The fourth-order valence-electron chi connectivity index (χ4n) is 4.97. The first-order chi connectivity index (χ1) is 19.2. The third kappa shape index (κ3) is 6.30. The van der Waals surface area contributed by atoms with Crippen LogP contribution in [0, 0.1) is 0 Å². The molecule has 1 saturated heterocycles. The molecule has 0 aliphatic carbocycles. The van der Waals surface area contributed by atoms with Crippen molar-refractivity contribution in [2.24, 2.45) is 0 Å². The molecule has 3 aromatic carbocycles. The van der Waals surface area contributed by atoms with Crippen LogP contribution in [0.25, 0.3) is 21.9 Å². The van der Waals surface area contributed by atoms with Crippen LogP contribution in [0.4, 0.5) is 4.79 Å². The lowest BCUT2D eigenvalue weighted by Gasteiger charge is -2.33. The fraction of sp³-hybridized carbons (Fsp3) is 0.333. The highest BCUT2D eigenvalue weighted by atomic mass is 16.6. The Kier molecular flexibility index (Phi) is 7.83. The molecule has 0 saturated carbocycles. The van der Waals surface area contributed by atoms with Gasteiger partial charge in [0.05, 0.1) is 13.7 Å². The van der Waals surface area contributed by atoms with E-state index in [0.717, 1.165) is 33.6 Å². The van der Waals surface area contributed by atoms with Crippen molar-refractivity contribution >= 4 is 16.9 Å². The summed E-state index contributed by atoms with van der Waals surface area (Å²) in [5.41, 5.74) is 2.30. The number of nitrogens with zero attached hydrogens (tertiary/aromatic N) is 2. The Balaban J connectivity index is 1.41. The number of pyridine rings is 1. The van der Waals surface area contributed by atoms with Crippen molar-refractivity contribution in [2.45, 2.75) is 51.9 Å². The quantitative estimate of drug-likeness (QED) is 0.279. The van der Waals surface area contributed by atoms with Crippen molar-refractivity contribution < 1.29 is 19.0 Å². The van der Waals surface area contributed by atoms with Crippen LogP contribution in [0.2, 0.25) is 0 Å². The van der Waals surface area contributed by atoms with E-state index in [1.165, 1.54) is 0 Å². The van der Waals surface area contributed by atoms with Gasteiger partial charge in [0.2, 0.25) is 0 Å². The van der Waals surface area contributed by atoms with E-state index in [2.05, 4.69) is 0 Å². The summed E-state index contributed by atoms with van der Waals surface area (Å²) in [7, 11) is 1.64. The van der Waals surface area contributed by atoms with E-state index in [1.54, 1.807) is 16.6 Å². The van der Waals surface area contributed by atoms with Crippen molar-refractivity contribution in [1.29, 1.82) is 0 Å². The molecule has 40 heavy (non-hydrogen) atoms. The molecule has 2 heterocycles. The van der Waals surface area contributed by atoms with Crippen LogP contribution in [-0.2, 0) is 11.3 Å². The minimum absolute atomic E-state index is 0.0472. The first kappa shape index (κ1) is 27.3. The third-order valence-corrected chi connectivity index (χ3v) is 7.06. The molecule has 0 N–H and O–H groups in total. The van der Waals surface area contributed by atoms with Crippen LogP contribution >= 0.6 is 0 Å². The van der Waals surface area contributed by atoms with Crippen molar-refractivity contribution in [1.82, 2.24) is 9.47 Å². The molecule has 0 spiro atoms. The topological polar surface area (TPSA) is 70.0 Å². The van der Waals surface area contributed by atoms with Crippen molar-refractivity contribution in [3.8, 4) is 22.6 Å². The second-order valence-corrected chi connectivity index (χ2v) is 11.2. The maximum Gasteiger partial charge on any atom is 0.410 e. The number of aromatic nitrogens is 1. The largest absolute Gasteiger partial charge is 0.497 e. The van der Waals surface area contributed by atoms with E-state index >= 15 is 0 Å². The minimum Gasteiger partial charge on any atom is -0.497 e. The smallest absolute Gasteiger partial charge is 0.410 e. The monoisotopic (exact) mass is 540 g/mol. The number of carbonyl (C=O) groups is 1. The number of hydrogen-bond acceptors (Lipinski definition) is 5. The Hall–Kier alpha value is -4.26. The Morgan fingerprint density at radius 1 is 0.950 bits per heavy atom. The van der Waals surface area contributed by atoms with Gasteiger partial charge in [0.1, 0.15) is 23.2 Å². The molecule has 1 fully saturated rings. The van der Waals surface area contributed by atoms with Gasteiger partial charge in [0.15, 0.2) is 0 Å². The zero-order valence-electron chi connectivity index (χ0n) is 23.6. The van der Waals surface area contributed by atoms with Crippen molar-refractivity contribution in [3.63, 3.8) is 0 Å².